The van der Waals surface area contributed by atoms with Crippen molar-refractivity contribution >= 4 is 10.0 Å². The van der Waals surface area contributed by atoms with Crippen molar-refractivity contribution in [3.05, 3.63) is 54.1 Å². The fourth-order valence-corrected chi connectivity index (χ4v) is 3.94. The molecule has 4 nitrogen and oxygen atoms in total. The number of halogens is 2. The molecule has 7 heteroatoms. The Bertz CT molecular complexity index is 842. The van der Waals surface area contributed by atoms with Gasteiger partial charge in [-0.05, 0) is 49.2 Å². The van der Waals surface area contributed by atoms with Crippen molar-refractivity contribution in [3.8, 4) is 11.1 Å². The molecule has 0 fully saturated rings. The molecule has 148 valence electrons. The molecule has 3 N–H and O–H groups in total. The molecule has 0 saturated heterocycles. The van der Waals surface area contributed by atoms with E-state index in [9.17, 15) is 17.2 Å². The molecule has 0 heterocycles. The van der Waals surface area contributed by atoms with E-state index in [2.05, 4.69) is 4.72 Å². The zero-order chi connectivity index (χ0) is 19.7. The second-order valence-electron chi connectivity index (χ2n) is 6.46. The van der Waals surface area contributed by atoms with Gasteiger partial charge in [-0.3, -0.25) is 0 Å². The van der Waals surface area contributed by atoms with E-state index in [1.165, 1.54) is 18.2 Å². The first-order valence-corrected chi connectivity index (χ1v) is 10.7. The van der Waals surface area contributed by atoms with Crippen LogP contribution < -0.4 is 10.5 Å². The van der Waals surface area contributed by atoms with Crippen molar-refractivity contribution in [2.45, 2.75) is 43.4 Å². The molecule has 2 rings (SSSR count). The van der Waals surface area contributed by atoms with Crippen molar-refractivity contribution < 1.29 is 17.2 Å². The van der Waals surface area contributed by atoms with Gasteiger partial charge in [0.05, 0.1) is 4.90 Å². The van der Waals surface area contributed by atoms with Crippen LogP contribution in [-0.2, 0) is 10.0 Å². The maximum absolute atomic E-state index is 14.0. The largest absolute Gasteiger partial charge is 0.330 e. The summed E-state index contributed by atoms with van der Waals surface area (Å²) in [6.07, 6.45) is 6.00. The predicted molar refractivity (Wildman–Crippen MR) is 104 cm³/mol. The van der Waals surface area contributed by atoms with Gasteiger partial charge in [-0.1, -0.05) is 37.8 Å². The fourth-order valence-electron chi connectivity index (χ4n) is 2.82. The quantitative estimate of drug-likeness (QED) is 0.559. The van der Waals surface area contributed by atoms with Gasteiger partial charge < -0.3 is 5.73 Å². The summed E-state index contributed by atoms with van der Waals surface area (Å²) in [7, 11) is -3.68. The molecule has 0 bridgehead atoms. The highest BCUT2D eigenvalue weighted by Crippen LogP contribution is 2.25. The van der Waals surface area contributed by atoms with Gasteiger partial charge in [-0.15, -0.1) is 0 Å². The Labute approximate surface area is 159 Å². The molecule has 0 unspecified atom stereocenters. The Kier molecular flexibility index (Phi) is 8.34. The summed E-state index contributed by atoms with van der Waals surface area (Å²) in [6.45, 7) is 1.06. The Morgan fingerprint density at radius 3 is 2.30 bits per heavy atom. The number of nitrogens with one attached hydrogen (secondary N) is 1. The molecule has 0 radical (unpaired) electrons. The zero-order valence-electron chi connectivity index (χ0n) is 15.3. The Morgan fingerprint density at radius 1 is 0.889 bits per heavy atom. The first kappa shape index (κ1) is 21.5. The minimum Gasteiger partial charge on any atom is -0.330 e. The molecule has 0 amide bonds. The zero-order valence-corrected chi connectivity index (χ0v) is 16.1. The van der Waals surface area contributed by atoms with Crippen LogP contribution in [0, 0.1) is 11.6 Å². The first-order chi connectivity index (χ1) is 12.9. The minimum absolute atomic E-state index is 0.0617. The number of benzene rings is 2. The third-order valence-corrected chi connectivity index (χ3v) is 5.77. The summed E-state index contributed by atoms with van der Waals surface area (Å²) in [5.74, 6) is -1.41. The van der Waals surface area contributed by atoms with Crippen LogP contribution in [0.15, 0.2) is 47.4 Å². The number of hydrogen-bond donors (Lipinski definition) is 2. The van der Waals surface area contributed by atoms with E-state index in [0.29, 0.717) is 18.7 Å². The minimum atomic E-state index is -3.68. The Morgan fingerprint density at radius 2 is 1.59 bits per heavy atom. The summed E-state index contributed by atoms with van der Waals surface area (Å²) in [5.41, 5.74) is 5.99. The van der Waals surface area contributed by atoms with Crippen LogP contribution in [0.25, 0.3) is 11.1 Å². The number of nitrogens with two attached hydrogens (primary N) is 1. The van der Waals surface area contributed by atoms with E-state index < -0.39 is 21.7 Å². The number of unbranched alkanes of at least 4 members (excludes halogenated alkanes) is 5. The lowest BCUT2D eigenvalue weighted by molar-refractivity contribution is 0.565. The van der Waals surface area contributed by atoms with Gasteiger partial charge in [-0.25, -0.2) is 21.9 Å². The van der Waals surface area contributed by atoms with E-state index in [-0.39, 0.29) is 10.5 Å². The molecule has 2 aromatic rings. The molecule has 0 aliphatic carbocycles. The van der Waals surface area contributed by atoms with Gasteiger partial charge in [0.25, 0.3) is 0 Å². The van der Waals surface area contributed by atoms with Gasteiger partial charge in [0, 0.05) is 18.2 Å². The first-order valence-electron chi connectivity index (χ1n) is 9.19. The number of rotatable bonds is 11. The summed E-state index contributed by atoms with van der Waals surface area (Å²) < 4.78 is 54.5. The molecule has 0 spiro atoms. The lowest BCUT2D eigenvalue weighted by Crippen LogP contribution is -2.24. The van der Waals surface area contributed by atoms with Gasteiger partial charge in [0.2, 0.25) is 10.0 Å². The average Bonchev–Trinajstić information content (AvgIpc) is 2.64. The third kappa shape index (κ3) is 6.68. The van der Waals surface area contributed by atoms with E-state index in [1.54, 1.807) is 12.1 Å². The van der Waals surface area contributed by atoms with Crippen molar-refractivity contribution in [3.63, 3.8) is 0 Å². The lowest BCUT2D eigenvalue weighted by Gasteiger charge is -2.09. The van der Waals surface area contributed by atoms with Crippen LogP contribution in [0.1, 0.15) is 38.5 Å². The summed E-state index contributed by atoms with van der Waals surface area (Å²) in [4.78, 5) is 0.0617. The molecular formula is C20H26F2N2O2S. The third-order valence-electron chi connectivity index (χ3n) is 4.31. The molecule has 27 heavy (non-hydrogen) atoms. The van der Waals surface area contributed by atoms with Gasteiger partial charge in [0.1, 0.15) is 11.6 Å². The molecule has 2 aromatic carbocycles. The SMILES string of the molecule is NCCCCCCCCNS(=O)(=O)c1cccc(-c2ccc(F)cc2F)c1. The summed E-state index contributed by atoms with van der Waals surface area (Å²) in [5, 5.41) is 0. The fraction of sp³-hybridized carbons (Fsp3) is 0.400. The standard InChI is InChI=1S/C20H26F2N2O2S/c21-17-10-11-19(20(22)15-17)16-8-7-9-18(14-16)27(25,26)24-13-6-4-2-1-3-5-12-23/h7-11,14-15,24H,1-6,12-13,23H2. The summed E-state index contributed by atoms with van der Waals surface area (Å²) >= 11 is 0. The number of hydrogen-bond acceptors (Lipinski definition) is 3. The van der Waals surface area contributed by atoms with E-state index in [4.69, 9.17) is 5.73 Å². The second-order valence-corrected chi connectivity index (χ2v) is 8.23. The second kappa shape index (κ2) is 10.5. The van der Waals surface area contributed by atoms with Crippen LogP contribution in [-0.4, -0.2) is 21.5 Å². The van der Waals surface area contributed by atoms with Crippen LogP contribution in [0.2, 0.25) is 0 Å². The van der Waals surface area contributed by atoms with Crippen LogP contribution in [0.3, 0.4) is 0 Å². The van der Waals surface area contributed by atoms with Gasteiger partial charge >= 0.3 is 0 Å². The summed E-state index contributed by atoms with van der Waals surface area (Å²) in [6, 6.07) is 9.22. The Balaban J connectivity index is 1.94. The van der Waals surface area contributed by atoms with E-state index in [0.717, 1.165) is 50.7 Å². The number of sulfonamides is 1. The molecule has 0 aliphatic rings. The molecule has 0 saturated carbocycles. The Hall–Kier alpha value is -1.83. The highest BCUT2D eigenvalue weighted by atomic mass is 32.2. The average molecular weight is 397 g/mol. The maximum Gasteiger partial charge on any atom is 0.240 e. The topological polar surface area (TPSA) is 72.2 Å². The molecular weight excluding hydrogens is 370 g/mol. The van der Waals surface area contributed by atoms with E-state index >= 15 is 0 Å². The lowest BCUT2D eigenvalue weighted by atomic mass is 10.1. The van der Waals surface area contributed by atoms with Crippen LogP contribution in [0.5, 0.6) is 0 Å². The van der Waals surface area contributed by atoms with Crippen molar-refractivity contribution in [2.75, 3.05) is 13.1 Å². The van der Waals surface area contributed by atoms with Crippen LogP contribution >= 0.6 is 0 Å². The van der Waals surface area contributed by atoms with Gasteiger partial charge in [-0.2, -0.15) is 0 Å². The van der Waals surface area contributed by atoms with Crippen molar-refractivity contribution in [1.29, 1.82) is 0 Å². The highest BCUT2D eigenvalue weighted by molar-refractivity contribution is 7.89. The highest BCUT2D eigenvalue weighted by Gasteiger charge is 2.15. The normalized spacial score (nSPS) is 11.7. The van der Waals surface area contributed by atoms with Crippen molar-refractivity contribution in [1.82, 2.24) is 4.72 Å². The van der Waals surface area contributed by atoms with Gasteiger partial charge in [0.15, 0.2) is 0 Å². The smallest absolute Gasteiger partial charge is 0.240 e. The van der Waals surface area contributed by atoms with Crippen molar-refractivity contribution in [2.24, 2.45) is 5.73 Å². The molecule has 0 aromatic heterocycles. The maximum atomic E-state index is 14.0. The van der Waals surface area contributed by atoms with Crippen LogP contribution in [0.4, 0.5) is 8.78 Å². The molecule has 0 aliphatic heterocycles. The molecule has 0 atom stereocenters. The van der Waals surface area contributed by atoms with E-state index in [1.807, 2.05) is 0 Å². The monoisotopic (exact) mass is 396 g/mol. The predicted octanol–water partition coefficient (Wildman–Crippen LogP) is 4.21.